The van der Waals surface area contributed by atoms with Gasteiger partial charge in [0, 0.05) is 24.4 Å². The Morgan fingerprint density at radius 2 is 1.82 bits per heavy atom. The predicted octanol–water partition coefficient (Wildman–Crippen LogP) is 1.61. The molecule has 0 aromatic carbocycles. The molecular formula is C8H19O2S+. The molecule has 2 nitrogen and oxygen atoms in total. The van der Waals surface area contributed by atoms with E-state index in [1.807, 2.05) is 13.8 Å². The zero-order chi connectivity index (χ0) is 8.85. The van der Waals surface area contributed by atoms with Crippen LogP contribution in [0.1, 0.15) is 20.8 Å². The smallest absolute Gasteiger partial charge is 0.217 e. The van der Waals surface area contributed by atoms with E-state index in [1.165, 1.54) is 0 Å². The number of rotatable bonds is 5. The van der Waals surface area contributed by atoms with E-state index in [2.05, 4.69) is 19.4 Å². The van der Waals surface area contributed by atoms with Crippen molar-refractivity contribution in [3.63, 3.8) is 0 Å². The van der Waals surface area contributed by atoms with Gasteiger partial charge in [0.2, 0.25) is 5.44 Å². The third kappa shape index (κ3) is 5.53. The molecule has 0 aromatic rings. The predicted molar refractivity (Wildman–Crippen MR) is 50.8 cm³/mol. The lowest BCUT2D eigenvalue weighted by molar-refractivity contribution is -0.132. The quantitative estimate of drug-likeness (QED) is 0.471. The van der Waals surface area contributed by atoms with Gasteiger partial charge in [-0.15, -0.1) is 0 Å². The van der Waals surface area contributed by atoms with Crippen LogP contribution in [0.3, 0.4) is 0 Å². The summed E-state index contributed by atoms with van der Waals surface area (Å²) in [6.07, 6.45) is 4.28. The molecule has 0 aliphatic carbocycles. The average Bonchev–Trinajstić information content (AvgIpc) is 1.87. The third-order valence-corrected chi connectivity index (χ3v) is 2.89. The molecular weight excluding hydrogens is 160 g/mol. The summed E-state index contributed by atoms with van der Waals surface area (Å²) in [4.78, 5) is 0. The van der Waals surface area contributed by atoms with Crippen molar-refractivity contribution in [2.75, 3.05) is 19.1 Å². The molecule has 0 radical (unpaired) electrons. The Bertz CT molecular complexity index is 96.1. The fraction of sp³-hybridized carbons (Fsp3) is 1.00. The van der Waals surface area contributed by atoms with Gasteiger partial charge in [0.1, 0.15) is 0 Å². The van der Waals surface area contributed by atoms with Crippen LogP contribution in [-0.4, -0.2) is 30.8 Å². The van der Waals surface area contributed by atoms with E-state index in [1.54, 1.807) is 0 Å². The van der Waals surface area contributed by atoms with E-state index < -0.39 is 0 Å². The highest BCUT2D eigenvalue weighted by atomic mass is 32.2. The maximum absolute atomic E-state index is 5.54. The van der Waals surface area contributed by atoms with Crippen LogP contribution in [0.4, 0.5) is 0 Å². The highest BCUT2D eigenvalue weighted by Crippen LogP contribution is 2.05. The topological polar surface area (TPSA) is 18.5 Å². The van der Waals surface area contributed by atoms with Crippen molar-refractivity contribution >= 4 is 10.9 Å². The van der Waals surface area contributed by atoms with Crippen LogP contribution in [0, 0.1) is 0 Å². The van der Waals surface area contributed by atoms with Gasteiger partial charge in [-0.3, -0.25) is 0 Å². The molecule has 0 heterocycles. The molecule has 11 heavy (non-hydrogen) atoms. The summed E-state index contributed by atoms with van der Waals surface area (Å²) < 4.78 is 10.8. The number of hydrogen-bond acceptors (Lipinski definition) is 2. The number of ether oxygens (including phenoxy) is 2. The van der Waals surface area contributed by atoms with Crippen LogP contribution in [0.2, 0.25) is 0 Å². The first kappa shape index (κ1) is 11.3. The lowest BCUT2D eigenvalue weighted by Gasteiger charge is -2.16. The summed E-state index contributed by atoms with van der Waals surface area (Å²) in [5.41, 5.74) is 0.302. The fourth-order valence-corrected chi connectivity index (χ4v) is 1.03. The normalized spacial score (nSPS) is 16.9. The number of hydrogen-bond donors (Lipinski definition) is 0. The Hall–Kier alpha value is 0.270. The molecule has 0 amide bonds. The fourth-order valence-electron chi connectivity index (χ4n) is 0.655. The second-order valence-corrected chi connectivity index (χ2v) is 5.03. The van der Waals surface area contributed by atoms with Gasteiger partial charge in [-0.1, -0.05) is 0 Å². The van der Waals surface area contributed by atoms with Crippen LogP contribution in [0.15, 0.2) is 0 Å². The Morgan fingerprint density at radius 3 is 2.18 bits per heavy atom. The summed E-state index contributed by atoms with van der Waals surface area (Å²) >= 11 is 0. The molecule has 0 N–H and O–H groups in total. The highest BCUT2D eigenvalue weighted by molar-refractivity contribution is 7.95. The molecule has 0 aliphatic rings. The minimum atomic E-state index is -0.0649. The summed E-state index contributed by atoms with van der Waals surface area (Å²) in [6.45, 7) is 6.71. The van der Waals surface area contributed by atoms with Crippen molar-refractivity contribution in [2.24, 2.45) is 0 Å². The molecule has 68 valence electrons. The molecule has 2 atom stereocenters. The van der Waals surface area contributed by atoms with E-state index in [0.29, 0.717) is 16.3 Å². The van der Waals surface area contributed by atoms with Crippen LogP contribution in [0.25, 0.3) is 0 Å². The third-order valence-electron chi connectivity index (χ3n) is 1.45. The van der Waals surface area contributed by atoms with Crippen LogP contribution >= 0.6 is 0 Å². The molecule has 0 saturated carbocycles. The second kappa shape index (κ2) is 5.86. The van der Waals surface area contributed by atoms with E-state index in [-0.39, 0.29) is 6.29 Å². The van der Waals surface area contributed by atoms with Crippen molar-refractivity contribution in [3.05, 3.63) is 0 Å². The molecule has 0 saturated heterocycles. The van der Waals surface area contributed by atoms with Crippen LogP contribution in [0.5, 0.6) is 0 Å². The summed E-state index contributed by atoms with van der Waals surface area (Å²) in [7, 11) is 0.313. The van der Waals surface area contributed by atoms with Crippen molar-refractivity contribution in [3.8, 4) is 0 Å². The van der Waals surface area contributed by atoms with E-state index >= 15 is 0 Å². The standard InChI is InChI=1S/C8H19O2S/c1-6-9-7(2)10-8(3)11(4)5/h7-8H,6H2,1-5H3/q+1. The SMILES string of the molecule is CCOC(C)OC(C)[S+](C)C. The first-order valence-electron chi connectivity index (χ1n) is 3.91. The molecule has 0 fully saturated rings. The van der Waals surface area contributed by atoms with Crippen molar-refractivity contribution in [2.45, 2.75) is 32.5 Å². The van der Waals surface area contributed by atoms with Gasteiger partial charge < -0.3 is 9.47 Å². The average molecular weight is 179 g/mol. The molecule has 2 unspecified atom stereocenters. The first-order valence-corrected chi connectivity index (χ1v) is 6.01. The molecule has 0 aliphatic heterocycles. The van der Waals surface area contributed by atoms with E-state index in [4.69, 9.17) is 9.47 Å². The molecule has 0 rings (SSSR count). The van der Waals surface area contributed by atoms with Crippen molar-refractivity contribution in [1.82, 2.24) is 0 Å². The molecule has 3 heteroatoms. The maximum Gasteiger partial charge on any atom is 0.217 e. The monoisotopic (exact) mass is 179 g/mol. The van der Waals surface area contributed by atoms with E-state index in [9.17, 15) is 0 Å². The summed E-state index contributed by atoms with van der Waals surface area (Å²) in [5.74, 6) is 0. The Labute approximate surface area is 72.6 Å². The maximum atomic E-state index is 5.54. The second-order valence-electron chi connectivity index (χ2n) is 2.61. The first-order chi connectivity index (χ1) is 5.07. The van der Waals surface area contributed by atoms with Crippen LogP contribution in [-0.2, 0) is 20.4 Å². The largest absolute Gasteiger partial charge is 0.353 e. The molecule has 0 spiro atoms. The highest BCUT2D eigenvalue weighted by Gasteiger charge is 2.18. The van der Waals surface area contributed by atoms with Gasteiger partial charge in [-0.05, 0) is 13.8 Å². The van der Waals surface area contributed by atoms with Crippen LogP contribution < -0.4 is 0 Å². The molecule has 0 bridgehead atoms. The van der Waals surface area contributed by atoms with E-state index in [0.717, 1.165) is 6.61 Å². The van der Waals surface area contributed by atoms with Gasteiger partial charge in [0.15, 0.2) is 6.29 Å². The van der Waals surface area contributed by atoms with Gasteiger partial charge >= 0.3 is 0 Å². The Balaban J connectivity index is 3.48. The zero-order valence-corrected chi connectivity index (χ0v) is 8.90. The van der Waals surface area contributed by atoms with Gasteiger partial charge in [0.25, 0.3) is 0 Å². The minimum Gasteiger partial charge on any atom is -0.353 e. The van der Waals surface area contributed by atoms with Gasteiger partial charge in [0.05, 0.1) is 12.5 Å². The summed E-state index contributed by atoms with van der Waals surface area (Å²) in [5, 5.41) is 0. The lowest BCUT2D eigenvalue weighted by atomic mass is 10.7. The Morgan fingerprint density at radius 1 is 1.27 bits per heavy atom. The zero-order valence-electron chi connectivity index (χ0n) is 8.09. The van der Waals surface area contributed by atoms with Crippen molar-refractivity contribution in [1.29, 1.82) is 0 Å². The summed E-state index contributed by atoms with van der Waals surface area (Å²) in [6, 6.07) is 0. The Kier molecular flexibility index (Phi) is 6.01. The van der Waals surface area contributed by atoms with Gasteiger partial charge in [-0.25, -0.2) is 0 Å². The van der Waals surface area contributed by atoms with Crippen molar-refractivity contribution < 1.29 is 9.47 Å². The minimum absolute atomic E-state index is 0.0649. The lowest BCUT2D eigenvalue weighted by Crippen LogP contribution is -2.25. The molecule has 0 aromatic heterocycles. The van der Waals surface area contributed by atoms with Gasteiger partial charge in [-0.2, -0.15) is 0 Å².